The van der Waals surface area contributed by atoms with E-state index in [9.17, 15) is 4.79 Å². The number of nitrogens with zero attached hydrogens (tertiary/aromatic N) is 2. The van der Waals surface area contributed by atoms with E-state index in [1.165, 1.54) is 32.1 Å². The van der Waals surface area contributed by atoms with Crippen LogP contribution in [0.2, 0.25) is 0 Å². The van der Waals surface area contributed by atoms with Gasteiger partial charge in [0.05, 0.1) is 0 Å². The molecule has 122 valence electrons. The highest BCUT2D eigenvalue weighted by Crippen LogP contribution is 2.25. The molecule has 1 aromatic heterocycles. The van der Waals surface area contributed by atoms with E-state index >= 15 is 0 Å². The van der Waals surface area contributed by atoms with Gasteiger partial charge in [-0.25, -0.2) is 0 Å². The third-order valence-electron chi connectivity index (χ3n) is 4.99. The van der Waals surface area contributed by atoms with E-state index in [0.29, 0.717) is 11.6 Å². The van der Waals surface area contributed by atoms with Crippen LogP contribution in [0.15, 0.2) is 0 Å². The molecule has 0 saturated heterocycles. The Kier molecular flexibility index (Phi) is 5.13. The van der Waals surface area contributed by atoms with Crippen LogP contribution in [0.4, 0.5) is 0 Å². The molecule has 2 heterocycles. The minimum atomic E-state index is 0.119. The summed E-state index contributed by atoms with van der Waals surface area (Å²) in [6.07, 6.45) is 8.48. The van der Waals surface area contributed by atoms with Gasteiger partial charge >= 0.3 is 0 Å². The number of hydrogen-bond acceptors (Lipinski definition) is 3. The number of H-pyrrole nitrogens is 1. The first-order valence-corrected chi connectivity index (χ1v) is 8.85. The first-order chi connectivity index (χ1) is 10.8. The maximum absolute atomic E-state index is 13.0. The molecule has 1 saturated carbocycles. The van der Waals surface area contributed by atoms with Crippen LogP contribution >= 0.6 is 0 Å². The fourth-order valence-electron chi connectivity index (χ4n) is 3.78. The summed E-state index contributed by atoms with van der Waals surface area (Å²) in [5, 5.41) is 10.8. The van der Waals surface area contributed by atoms with Gasteiger partial charge in [0.2, 0.25) is 0 Å². The van der Waals surface area contributed by atoms with Crippen molar-refractivity contribution in [3.05, 3.63) is 17.0 Å². The van der Waals surface area contributed by atoms with Gasteiger partial charge in [0.15, 0.2) is 5.69 Å². The van der Waals surface area contributed by atoms with E-state index in [2.05, 4.69) is 22.4 Å². The zero-order valence-corrected chi connectivity index (χ0v) is 13.7. The minimum absolute atomic E-state index is 0.119. The van der Waals surface area contributed by atoms with E-state index in [4.69, 9.17) is 0 Å². The van der Waals surface area contributed by atoms with Crippen molar-refractivity contribution in [3.63, 3.8) is 0 Å². The lowest BCUT2D eigenvalue weighted by atomic mass is 9.89. The summed E-state index contributed by atoms with van der Waals surface area (Å²) in [6, 6.07) is 0. The molecule has 2 N–H and O–H groups in total. The Morgan fingerprint density at radius 1 is 1.32 bits per heavy atom. The molecule has 1 fully saturated rings. The van der Waals surface area contributed by atoms with Gasteiger partial charge in [0.1, 0.15) is 0 Å². The normalized spacial score (nSPS) is 19.0. The second kappa shape index (κ2) is 7.27. The van der Waals surface area contributed by atoms with Crippen LogP contribution in [0.3, 0.4) is 0 Å². The van der Waals surface area contributed by atoms with Gasteiger partial charge < -0.3 is 10.2 Å². The first-order valence-electron chi connectivity index (χ1n) is 8.85. The number of aromatic amines is 1. The maximum atomic E-state index is 13.0. The Labute approximate surface area is 132 Å². The van der Waals surface area contributed by atoms with Gasteiger partial charge in [-0.05, 0) is 25.2 Å². The molecule has 0 radical (unpaired) electrons. The number of hydrogen-bond donors (Lipinski definition) is 2. The molecule has 0 aromatic carbocycles. The second-order valence-corrected chi connectivity index (χ2v) is 6.71. The Balaban J connectivity index is 1.72. The summed E-state index contributed by atoms with van der Waals surface area (Å²) in [7, 11) is 0. The van der Waals surface area contributed by atoms with Crippen molar-refractivity contribution in [1.82, 2.24) is 20.4 Å². The molecule has 3 rings (SSSR count). The highest BCUT2D eigenvalue weighted by Gasteiger charge is 2.27. The smallest absolute Gasteiger partial charge is 0.274 e. The zero-order chi connectivity index (χ0) is 15.4. The molecule has 0 unspecified atom stereocenters. The van der Waals surface area contributed by atoms with Gasteiger partial charge in [0, 0.05) is 43.9 Å². The topological polar surface area (TPSA) is 61.0 Å². The van der Waals surface area contributed by atoms with Gasteiger partial charge in [-0.2, -0.15) is 5.10 Å². The third-order valence-corrected chi connectivity index (χ3v) is 4.99. The number of fused-ring (bicyclic) bond motifs is 1. The van der Waals surface area contributed by atoms with Crippen molar-refractivity contribution in [2.45, 2.75) is 58.4 Å². The molecular weight excluding hydrogens is 276 g/mol. The standard InChI is InChI=1S/C17H28N4O/c1-2-10-21(12-13-6-4-3-5-7-13)17(22)16-14-11-18-9-8-15(14)19-20-16/h13,18H,2-12H2,1H3,(H,19,20). The fraction of sp³-hybridized carbons (Fsp3) is 0.765. The lowest BCUT2D eigenvalue weighted by Crippen LogP contribution is -2.37. The lowest BCUT2D eigenvalue weighted by Gasteiger charge is -2.29. The Bertz CT molecular complexity index is 505. The Hall–Kier alpha value is -1.36. The van der Waals surface area contributed by atoms with Crippen molar-refractivity contribution in [2.24, 2.45) is 5.92 Å². The molecule has 1 aliphatic heterocycles. The van der Waals surface area contributed by atoms with Gasteiger partial charge in [-0.3, -0.25) is 9.89 Å². The monoisotopic (exact) mass is 304 g/mol. The summed E-state index contributed by atoms with van der Waals surface area (Å²) in [5.41, 5.74) is 2.86. The van der Waals surface area contributed by atoms with E-state index in [1.54, 1.807) is 0 Å². The Morgan fingerprint density at radius 2 is 2.14 bits per heavy atom. The van der Waals surface area contributed by atoms with Crippen LogP contribution < -0.4 is 5.32 Å². The average Bonchev–Trinajstić information content (AvgIpc) is 2.99. The maximum Gasteiger partial charge on any atom is 0.274 e. The average molecular weight is 304 g/mol. The first kappa shape index (κ1) is 15.5. The number of carbonyl (C=O) groups is 1. The summed E-state index contributed by atoms with van der Waals surface area (Å²) < 4.78 is 0. The zero-order valence-electron chi connectivity index (χ0n) is 13.7. The summed E-state index contributed by atoms with van der Waals surface area (Å²) >= 11 is 0. The molecule has 0 spiro atoms. The van der Waals surface area contributed by atoms with Crippen molar-refractivity contribution in [1.29, 1.82) is 0 Å². The minimum Gasteiger partial charge on any atom is -0.337 e. The predicted octanol–water partition coefficient (Wildman–Crippen LogP) is 2.49. The van der Waals surface area contributed by atoms with Crippen LogP contribution in [-0.4, -0.2) is 40.6 Å². The number of rotatable bonds is 5. The van der Waals surface area contributed by atoms with Crippen LogP contribution in [0.1, 0.15) is 67.2 Å². The predicted molar refractivity (Wildman–Crippen MR) is 86.8 cm³/mol. The molecule has 1 amide bonds. The van der Waals surface area contributed by atoms with Crippen LogP contribution in [0, 0.1) is 5.92 Å². The molecule has 1 aliphatic carbocycles. The van der Waals surface area contributed by atoms with Crippen molar-refractivity contribution >= 4 is 5.91 Å². The molecule has 1 aromatic rings. The van der Waals surface area contributed by atoms with Gasteiger partial charge in [0.25, 0.3) is 5.91 Å². The number of carbonyl (C=O) groups excluding carboxylic acids is 1. The van der Waals surface area contributed by atoms with E-state index in [0.717, 1.165) is 50.3 Å². The van der Waals surface area contributed by atoms with Crippen molar-refractivity contribution < 1.29 is 4.79 Å². The third kappa shape index (κ3) is 3.35. The Morgan fingerprint density at radius 3 is 2.91 bits per heavy atom. The molecule has 2 aliphatic rings. The lowest BCUT2D eigenvalue weighted by molar-refractivity contribution is 0.0706. The van der Waals surface area contributed by atoms with E-state index < -0.39 is 0 Å². The molecule has 0 bridgehead atoms. The molecule has 22 heavy (non-hydrogen) atoms. The molecular formula is C17H28N4O. The quantitative estimate of drug-likeness (QED) is 0.878. The second-order valence-electron chi connectivity index (χ2n) is 6.71. The number of aromatic nitrogens is 2. The molecule has 5 nitrogen and oxygen atoms in total. The summed E-state index contributed by atoms with van der Waals surface area (Å²) in [4.78, 5) is 15.0. The molecule has 0 atom stereocenters. The highest BCUT2D eigenvalue weighted by atomic mass is 16.2. The van der Waals surface area contributed by atoms with E-state index in [1.807, 2.05) is 4.90 Å². The number of amides is 1. The SMILES string of the molecule is CCCN(CC1CCCCC1)C(=O)c1n[nH]c2c1CNCC2. The van der Waals surface area contributed by atoms with E-state index in [-0.39, 0.29) is 5.91 Å². The summed E-state index contributed by atoms with van der Waals surface area (Å²) in [5.74, 6) is 0.797. The van der Waals surface area contributed by atoms with Crippen molar-refractivity contribution in [2.75, 3.05) is 19.6 Å². The summed E-state index contributed by atoms with van der Waals surface area (Å²) in [6.45, 7) is 5.61. The van der Waals surface area contributed by atoms with Crippen LogP contribution in [-0.2, 0) is 13.0 Å². The van der Waals surface area contributed by atoms with Crippen LogP contribution in [0.5, 0.6) is 0 Å². The van der Waals surface area contributed by atoms with Crippen LogP contribution in [0.25, 0.3) is 0 Å². The van der Waals surface area contributed by atoms with Crippen molar-refractivity contribution in [3.8, 4) is 0 Å². The largest absolute Gasteiger partial charge is 0.337 e. The van der Waals surface area contributed by atoms with Gasteiger partial charge in [-0.15, -0.1) is 0 Å². The molecule has 5 heteroatoms. The number of nitrogens with one attached hydrogen (secondary N) is 2. The van der Waals surface area contributed by atoms with Gasteiger partial charge in [-0.1, -0.05) is 26.2 Å². The fourth-order valence-corrected chi connectivity index (χ4v) is 3.78. The highest BCUT2D eigenvalue weighted by molar-refractivity contribution is 5.94.